The molecule has 1 aromatic rings. The van der Waals surface area contributed by atoms with Crippen LogP contribution in [0.5, 0.6) is 11.5 Å². The van der Waals surface area contributed by atoms with Crippen molar-refractivity contribution in [3.63, 3.8) is 0 Å². The van der Waals surface area contributed by atoms with Gasteiger partial charge in [0.1, 0.15) is 17.1 Å². The van der Waals surface area contributed by atoms with E-state index < -0.39 is 23.5 Å². The molecule has 0 heterocycles. The number of benzene rings is 1. The minimum Gasteiger partial charge on any atom is -0.507 e. The van der Waals surface area contributed by atoms with Crippen LogP contribution in [0.1, 0.15) is 38.1 Å². The monoisotopic (exact) mass is 295 g/mol. The molecular formula is C15H21NO5. The number of hydrogen-bond acceptors (Lipinski definition) is 5. The van der Waals surface area contributed by atoms with Gasteiger partial charge < -0.3 is 19.9 Å². The molecule has 0 radical (unpaired) electrons. The van der Waals surface area contributed by atoms with E-state index in [1.165, 1.54) is 32.2 Å². The minimum atomic E-state index is -0.960. The predicted octanol–water partition coefficient (Wildman–Crippen LogP) is 1.86. The highest BCUT2D eigenvalue weighted by molar-refractivity contribution is 5.94. The Balaban J connectivity index is 2.75. The van der Waals surface area contributed by atoms with Crippen LogP contribution >= 0.6 is 0 Å². The van der Waals surface area contributed by atoms with Gasteiger partial charge in [0.25, 0.3) is 5.91 Å². The topological polar surface area (TPSA) is 84.9 Å². The molecular weight excluding hydrogens is 274 g/mol. The molecule has 0 unspecified atom stereocenters. The van der Waals surface area contributed by atoms with Gasteiger partial charge in [0, 0.05) is 11.6 Å². The average Bonchev–Trinajstić information content (AvgIpc) is 2.36. The van der Waals surface area contributed by atoms with Crippen LogP contribution in [0.25, 0.3) is 0 Å². The van der Waals surface area contributed by atoms with E-state index in [0.29, 0.717) is 5.75 Å². The number of amides is 1. The number of phenolic OH excluding ortho intramolecular Hbond substituents is 1. The summed E-state index contributed by atoms with van der Waals surface area (Å²) in [4.78, 5) is 23.8. The van der Waals surface area contributed by atoms with Crippen molar-refractivity contribution in [3.8, 4) is 11.5 Å². The van der Waals surface area contributed by atoms with Crippen molar-refractivity contribution < 1.29 is 24.2 Å². The number of carbonyl (C=O) groups excluding carboxylic acids is 2. The Morgan fingerprint density at radius 3 is 2.38 bits per heavy atom. The van der Waals surface area contributed by atoms with Gasteiger partial charge in [0.2, 0.25) is 0 Å². The van der Waals surface area contributed by atoms with Crippen LogP contribution in [0.2, 0.25) is 0 Å². The normalized spacial score (nSPS) is 12.4. The number of phenols is 1. The quantitative estimate of drug-likeness (QED) is 0.828. The van der Waals surface area contributed by atoms with Crippen molar-refractivity contribution in [1.29, 1.82) is 0 Å². The van der Waals surface area contributed by atoms with Crippen LogP contribution in [-0.4, -0.2) is 35.7 Å². The Kier molecular flexibility index (Phi) is 5.18. The second kappa shape index (κ2) is 6.47. The fourth-order valence-electron chi connectivity index (χ4n) is 1.56. The van der Waals surface area contributed by atoms with E-state index in [0.717, 1.165) is 0 Å². The van der Waals surface area contributed by atoms with E-state index in [4.69, 9.17) is 9.47 Å². The van der Waals surface area contributed by atoms with Crippen molar-refractivity contribution in [1.82, 2.24) is 5.32 Å². The number of carbonyl (C=O) groups is 2. The Hall–Kier alpha value is -2.24. The van der Waals surface area contributed by atoms with Gasteiger partial charge in [-0.05, 0) is 39.8 Å². The van der Waals surface area contributed by atoms with E-state index in [1.807, 2.05) is 20.8 Å². The summed E-state index contributed by atoms with van der Waals surface area (Å²) in [6.07, 6.45) is -0.960. The van der Waals surface area contributed by atoms with E-state index in [-0.39, 0.29) is 11.3 Å². The third-order valence-corrected chi connectivity index (χ3v) is 2.58. The highest BCUT2D eigenvalue weighted by atomic mass is 16.5. The molecule has 0 saturated carbocycles. The molecule has 116 valence electrons. The molecule has 0 aliphatic carbocycles. The zero-order valence-electron chi connectivity index (χ0n) is 12.9. The lowest BCUT2D eigenvalue weighted by Gasteiger charge is -2.23. The van der Waals surface area contributed by atoms with Crippen LogP contribution in [0.4, 0.5) is 0 Å². The fourth-order valence-corrected chi connectivity index (χ4v) is 1.56. The van der Waals surface area contributed by atoms with Crippen LogP contribution in [-0.2, 0) is 9.53 Å². The molecule has 1 aromatic carbocycles. The molecule has 6 nitrogen and oxygen atoms in total. The summed E-state index contributed by atoms with van der Waals surface area (Å²) < 4.78 is 9.97. The maximum atomic E-state index is 11.9. The summed E-state index contributed by atoms with van der Waals surface area (Å²) in [6, 6.07) is 4.21. The molecule has 1 rings (SSSR count). The first kappa shape index (κ1) is 16.8. The maximum Gasteiger partial charge on any atom is 0.342 e. The van der Waals surface area contributed by atoms with Crippen LogP contribution in [0.15, 0.2) is 18.2 Å². The van der Waals surface area contributed by atoms with Crippen molar-refractivity contribution in [2.24, 2.45) is 0 Å². The Bertz CT molecular complexity index is 533. The second-order valence-electron chi connectivity index (χ2n) is 5.67. The summed E-state index contributed by atoms with van der Waals surface area (Å²) in [6.45, 7) is 6.96. The maximum absolute atomic E-state index is 11.9. The van der Waals surface area contributed by atoms with Gasteiger partial charge >= 0.3 is 5.97 Å². The highest BCUT2D eigenvalue weighted by Gasteiger charge is 2.24. The van der Waals surface area contributed by atoms with Crippen LogP contribution in [0.3, 0.4) is 0 Å². The van der Waals surface area contributed by atoms with Crippen LogP contribution < -0.4 is 10.1 Å². The summed E-state index contributed by atoms with van der Waals surface area (Å²) >= 11 is 0. The largest absolute Gasteiger partial charge is 0.507 e. The Labute approximate surface area is 124 Å². The molecule has 0 aromatic heterocycles. The fraction of sp³-hybridized carbons (Fsp3) is 0.467. The SMILES string of the molecule is COc1ccc(C(=O)O[C@@H](C)C(=O)NC(C)(C)C)c(O)c1. The van der Waals surface area contributed by atoms with Gasteiger partial charge in [-0.3, -0.25) is 4.79 Å². The number of esters is 1. The van der Waals surface area contributed by atoms with E-state index >= 15 is 0 Å². The number of nitrogens with one attached hydrogen (secondary N) is 1. The lowest BCUT2D eigenvalue weighted by atomic mass is 10.1. The van der Waals surface area contributed by atoms with Gasteiger partial charge in [-0.15, -0.1) is 0 Å². The molecule has 0 spiro atoms. The van der Waals surface area contributed by atoms with Crippen molar-refractivity contribution in [3.05, 3.63) is 23.8 Å². The average molecular weight is 295 g/mol. The lowest BCUT2D eigenvalue weighted by molar-refractivity contribution is -0.130. The molecule has 0 aliphatic rings. The zero-order valence-corrected chi connectivity index (χ0v) is 12.9. The summed E-state index contributed by atoms with van der Waals surface area (Å²) in [7, 11) is 1.45. The van der Waals surface area contributed by atoms with E-state index in [9.17, 15) is 14.7 Å². The summed E-state index contributed by atoms with van der Waals surface area (Å²) in [5.74, 6) is -1.01. The summed E-state index contributed by atoms with van der Waals surface area (Å²) in [5, 5.41) is 12.5. The van der Waals surface area contributed by atoms with E-state index in [1.54, 1.807) is 0 Å². The van der Waals surface area contributed by atoms with Gasteiger partial charge in [-0.1, -0.05) is 0 Å². The first-order chi connectivity index (χ1) is 9.64. The standard InChI is InChI=1S/C15H21NO5/c1-9(13(18)16-15(2,3)4)21-14(19)11-7-6-10(20-5)8-12(11)17/h6-9,17H,1-5H3,(H,16,18)/t9-/m0/s1. The van der Waals surface area contributed by atoms with Crippen molar-refractivity contribution >= 4 is 11.9 Å². The zero-order chi connectivity index (χ0) is 16.2. The number of hydrogen-bond donors (Lipinski definition) is 2. The van der Waals surface area contributed by atoms with Gasteiger partial charge in [0.15, 0.2) is 6.10 Å². The lowest BCUT2D eigenvalue weighted by Crippen LogP contribution is -2.46. The first-order valence-corrected chi connectivity index (χ1v) is 6.54. The first-order valence-electron chi connectivity index (χ1n) is 6.54. The molecule has 6 heteroatoms. The predicted molar refractivity (Wildman–Crippen MR) is 77.4 cm³/mol. The molecule has 0 saturated heterocycles. The van der Waals surface area contributed by atoms with Gasteiger partial charge in [-0.25, -0.2) is 4.79 Å². The molecule has 1 atom stereocenters. The molecule has 0 aliphatic heterocycles. The number of aromatic hydroxyl groups is 1. The minimum absolute atomic E-state index is 0.0220. The van der Waals surface area contributed by atoms with Crippen molar-refractivity contribution in [2.75, 3.05) is 7.11 Å². The number of rotatable bonds is 4. The molecule has 1 amide bonds. The molecule has 21 heavy (non-hydrogen) atoms. The number of ether oxygens (including phenoxy) is 2. The van der Waals surface area contributed by atoms with Crippen LogP contribution in [0, 0.1) is 0 Å². The Morgan fingerprint density at radius 2 is 1.90 bits per heavy atom. The van der Waals surface area contributed by atoms with Gasteiger partial charge in [0.05, 0.1) is 7.11 Å². The molecule has 2 N–H and O–H groups in total. The number of methoxy groups -OCH3 is 1. The Morgan fingerprint density at radius 1 is 1.29 bits per heavy atom. The summed E-state index contributed by atoms with van der Waals surface area (Å²) in [5.41, 5.74) is -0.439. The van der Waals surface area contributed by atoms with Crippen molar-refractivity contribution in [2.45, 2.75) is 39.3 Å². The molecule has 0 fully saturated rings. The van der Waals surface area contributed by atoms with E-state index in [2.05, 4.69) is 5.32 Å². The second-order valence-corrected chi connectivity index (χ2v) is 5.67. The third kappa shape index (κ3) is 4.98. The molecule has 0 bridgehead atoms. The third-order valence-electron chi connectivity index (χ3n) is 2.58. The highest BCUT2D eigenvalue weighted by Crippen LogP contribution is 2.24. The van der Waals surface area contributed by atoms with Gasteiger partial charge in [-0.2, -0.15) is 0 Å². The smallest absolute Gasteiger partial charge is 0.342 e.